The molecule has 0 atom stereocenters. The second-order valence-electron chi connectivity index (χ2n) is 6.44. The highest BCUT2D eigenvalue weighted by Gasteiger charge is 2.13. The smallest absolute Gasteiger partial charge is 0.306 e. The quantitative estimate of drug-likeness (QED) is 0.568. The molecule has 2 aromatic carbocycles. The van der Waals surface area contributed by atoms with E-state index in [0.29, 0.717) is 6.42 Å². The van der Waals surface area contributed by atoms with Crippen LogP contribution in [0.5, 0.6) is 0 Å². The lowest BCUT2D eigenvalue weighted by Gasteiger charge is -2.14. The van der Waals surface area contributed by atoms with Gasteiger partial charge >= 0.3 is 5.97 Å². The summed E-state index contributed by atoms with van der Waals surface area (Å²) in [6.07, 6.45) is 2.37. The lowest BCUT2D eigenvalue weighted by Crippen LogP contribution is -2.22. The fourth-order valence-corrected chi connectivity index (χ4v) is 4.00. The van der Waals surface area contributed by atoms with Gasteiger partial charge in [-0.25, -0.2) is 4.98 Å². The van der Waals surface area contributed by atoms with Gasteiger partial charge in [-0.2, -0.15) is 0 Å². The summed E-state index contributed by atoms with van der Waals surface area (Å²) in [6.45, 7) is 3.82. The minimum Gasteiger partial charge on any atom is -0.456 e. The monoisotopic (exact) mass is 396 g/mol. The number of fused-ring (bicyclic) bond motifs is 1. The number of para-hydroxylation sites is 2. The maximum atomic E-state index is 12.2. The highest BCUT2D eigenvalue weighted by atomic mass is 32.1. The molecule has 0 aliphatic carbocycles. The Labute approximate surface area is 168 Å². The number of hydrogen-bond donors (Lipinski definition) is 1. The fraction of sp³-hybridized carbons (Fsp3) is 0.318. The molecule has 1 aromatic heterocycles. The van der Waals surface area contributed by atoms with Crippen molar-refractivity contribution in [2.75, 3.05) is 11.9 Å². The molecule has 0 saturated heterocycles. The van der Waals surface area contributed by atoms with E-state index in [1.54, 1.807) is 11.3 Å². The average molecular weight is 397 g/mol. The molecular weight excluding hydrogens is 372 g/mol. The third kappa shape index (κ3) is 4.95. The maximum absolute atomic E-state index is 12.2. The number of carbonyl (C=O) groups excluding carboxylic acids is 2. The Bertz CT molecular complexity index is 926. The largest absolute Gasteiger partial charge is 0.456 e. The summed E-state index contributed by atoms with van der Waals surface area (Å²) < 4.78 is 6.25. The normalized spacial score (nSPS) is 10.8. The summed E-state index contributed by atoms with van der Waals surface area (Å²) >= 11 is 1.58. The Hall–Kier alpha value is -2.73. The molecule has 146 valence electrons. The minimum atomic E-state index is -0.395. The highest BCUT2D eigenvalue weighted by molar-refractivity contribution is 7.18. The molecule has 1 amide bonds. The zero-order chi connectivity index (χ0) is 19.9. The van der Waals surface area contributed by atoms with Gasteiger partial charge in [-0.3, -0.25) is 9.59 Å². The van der Waals surface area contributed by atoms with Gasteiger partial charge in [0.1, 0.15) is 0 Å². The molecule has 0 radical (unpaired) electrons. The van der Waals surface area contributed by atoms with Gasteiger partial charge in [0.15, 0.2) is 6.61 Å². The van der Waals surface area contributed by atoms with Crippen molar-refractivity contribution in [2.45, 2.75) is 39.5 Å². The van der Waals surface area contributed by atoms with Crippen LogP contribution in [0.4, 0.5) is 5.69 Å². The SMILES string of the molecule is CCc1cccc(CC)c1NC(=O)COC(=O)CCc1nc2ccccc2s1. The lowest BCUT2D eigenvalue weighted by atomic mass is 10.0. The molecule has 1 heterocycles. The number of aromatic nitrogens is 1. The fourth-order valence-electron chi connectivity index (χ4n) is 3.03. The third-order valence-corrected chi connectivity index (χ3v) is 5.60. The summed E-state index contributed by atoms with van der Waals surface area (Å²) in [4.78, 5) is 28.8. The van der Waals surface area contributed by atoms with E-state index in [9.17, 15) is 9.59 Å². The van der Waals surface area contributed by atoms with Crippen LogP contribution >= 0.6 is 11.3 Å². The number of nitrogens with zero attached hydrogens (tertiary/aromatic N) is 1. The van der Waals surface area contributed by atoms with Crippen molar-refractivity contribution in [3.8, 4) is 0 Å². The molecule has 0 unspecified atom stereocenters. The number of thiazole rings is 1. The van der Waals surface area contributed by atoms with Gasteiger partial charge in [-0.05, 0) is 36.1 Å². The van der Waals surface area contributed by atoms with Crippen LogP contribution in [0.1, 0.15) is 36.4 Å². The topological polar surface area (TPSA) is 68.3 Å². The molecule has 3 rings (SSSR count). The van der Waals surface area contributed by atoms with Crippen LogP contribution in [0.15, 0.2) is 42.5 Å². The Morgan fingerprint density at radius 2 is 1.75 bits per heavy atom. The van der Waals surface area contributed by atoms with Crippen LogP contribution in [0.2, 0.25) is 0 Å². The molecule has 0 saturated carbocycles. The number of nitrogens with one attached hydrogen (secondary N) is 1. The molecule has 6 heteroatoms. The summed E-state index contributed by atoms with van der Waals surface area (Å²) in [7, 11) is 0. The first-order chi connectivity index (χ1) is 13.6. The second kappa shape index (κ2) is 9.46. The van der Waals surface area contributed by atoms with E-state index in [4.69, 9.17) is 4.74 Å². The van der Waals surface area contributed by atoms with Crippen molar-refractivity contribution in [2.24, 2.45) is 0 Å². The highest BCUT2D eigenvalue weighted by Crippen LogP contribution is 2.23. The molecule has 0 aliphatic heterocycles. The van der Waals surface area contributed by atoms with Gasteiger partial charge in [-0.1, -0.05) is 44.2 Å². The standard InChI is InChI=1S/C22H24N2O3S/c1-3-15-8-7-9-16(4-2)22(15)24-19(25)14-27-21(26)13-12-20-23-17-10-5-6-11-18(17)28-20/h5-11H,3-4,12-14H2,1-2H3,(H,24,25). The van der Waals surface area contributed by atoms with Crippen LogP contribution < -0.4 is 5.32 Å². The molecule has 0 bridgehead atoms. The third-order valence-electron chi connectivity index (χ3n) is 4.51. The second-order valence-corrected chi connectivity index (χ2v) is 7.56. The predicted octanol–water partition coefficient (Wildman–Crippen LogP) is 4.54. The number of anilines is 1. The van der Waals surface area contributed by atoms with E-state index >= 15 is 0 Å². The molecule has 0 aliphatic rings. The summed E-state index contributed by atoms with van der Waals surface area (Å²) in [5.74, 6) is -0.710. The zero-order valence-electron chi connectivity index (χ0n) is 16.2. The number of ether oxygens (including phenoxy) is 1. The van der Waals surface area contributed by atoms with E-state index in [2.05, 4.69) is 10.3 Å². The summed E-state index contributed by atoms with van der Waals surface area (Å²) in [5, 5.41) is 3.80. The van der Waals surface area contributed by atoms with E-state index in [-0.39, 0.29) is 18.9 Å². The average Bonchev–Trinajstić information content (AvgIpc) is 3.14. The molecule has 3 aromatic rings. The molecule has 1 N–H and O–H groups in total. The number of carbonyl (C=O) groups is 2. The Morgan fingerprint density at radius 1 is 1.04 bits per heavy atom. The van der Waals surface area contributed by atoms with Crippen molar-refractivity contribution in [1.82, 2.24) is 4.98 Å². The van der Waals surface area contributed by atoms with Crippen molar-refractivity contribution >= 4 is 39.1 Å². The number of rotatable bonds is 8. The molecular formula is C22H24N2O3S. The summed E-state index contributed by atoms with van der Waals surface area (Å²) in [6, 6.07) is 13.9. The predicted molar refractivity (Wildman–Crippen MR) is 113 cm³/mol. The Morgan fingerprint density at radius 3 is 2.43 bits per heavy atom. The van der Waals surface area contributed by atoms with Gasteiger partial charge in [-0.15, -0.1) is 11.3 Å². The van der Waals surface area contributed by atoms with E-state index < -0.39 is 5.97 Å². The number of esters is 1. The zero-order valence-corrected chi connectivity index (χ0v) is 17.0. The van der Waals surface area contributed by atoms with Crippen molar-refractivity contribution < 1.29 is 14.3 Å². The van der Waals surface area contributed by atoms with Crippen LogP contribution in [-0.4, -0.2) is 23.5 Å². The van der Waals surface area contributed by atoms with Gasteiger partial charge in [0, 0.05) is 12.1 Å². The van der Waals surface area contributed by atoms with Crippen molar-refractivity contribution in [3.63, 3.8) is 0 Å². The van der Waals surface area contributed by atoms with Crippen molar-refractivity contribution in [3.05, 3.63) is 58.6 Å². The van der Waals surface area contributed by atoms with Gasteiger partial charge in [0.25, 0.3) is 5.91 Å². The van der Waals surface area contributed by atoms with Gasteiger partial charge in [0.05, 0.1) is 21.6 Å². The molecule has 28 heavy (non-hydrogen) atoms. The summed E-state index contributed by atoms with van der Waals surface area (Å²) in [5.41, 5.74) is 3.93. The lowest BCUT2D eigenvalue weighted by molar-refractivity contribution is -0.147. The molecule has 0 fully saturated rings. The number of amides is 1. The Kier molecular flexibility index (Phi) is 6.76. The van der Waals surface area contributed by atoms with E-state index in [0.717, 1.165) is 44.9 Å². The number of aryl methyl sites for hydroxylation is 3. The van der Waals surface area contributed by atoms with Crippen LogP contribution in [-0.2, 0) is 33.6 Å². The first-order valence-electron chi connectivity index (χ1n) is 9.51. The first-order valence-corrected chi connectivity index (χ1v) is 10.3. The van der Waals surface area contributed by atoms with Gasteiger partial charge < -0.3 is 10.1 Å². The van der Waals surface area contributed by atoms with E-state index in [1.165, 1.54) is 0 Å². The Balaban J connectivity index is 1.50. The maximum Gasteiger partial charge on any atom is 0.306 e. The molecule has 0 spiro atoms. The number of benzene rings is 2. The van der Waals surface area contributed by atoms with Crippen LogP contribution in [0.3, 0.4) is 0 Å². The van der Waals surface area contributed by atoms with Gasteiger partial charge in [0.2, 0.25) is 0 Å². The van der Waals surface area contributed by atoms with E-state index in [1.807, 2.05) is 56.3 Å². The molecule has 5 nitrogen and oxygen atoms in total. The minimum absolute atomic E-state index is 0.207. The van der Waals surface area contributed by atoms with Crippen LogP contribution in [0.25, 0.3) is 10.2 Å². The van der Waals surface area contributed by atoms with Crippen molar-refractivity contribution in [1.29, 1.82) is 0 Å². The van der Waals surface area contributed by atoms with Crippen LogP contribution in [0, 0.1) is 0 Å². The number of hydrogen-bond acceptors (Lipinski definition) is 5. The first kappa shape index (κ1) is 20.0.